The summed E-state index contributed by atoms with van der Waals surface area (Å²) in [6.07, 6.45) is 8.30. The number of nitrogens with two attached hydrogens (primary N) is 1. The van der Waals surface area contributed by atoms with Gasteiger partial charge in [0.1, 0.15) is 0 Å². The van der Waals surface area contributed by atoms with Crippen molar-refractivity contribution in [3.63, 3.8) is 0 Å². The summed E-state index contributed by atoms with van der Waals surface area (Å²) in [5, 5.41) is 2.77. The standard InChI is InChI=1S/C16H25N3O2/c1-12(17)10-15(20)19-16-14(8-5-9-18-16)21-11-13-6-3-2-4-7-13/h5,8-9,12-13H,2-4,6-7,10-11,17H2,1H3,(H,18,19,20). The number of nitrogens with zero attached hydrogens (tertiary/aromatic N) is 1. The molecule has 0 spiro atoms. The minimum absolute atomic E-state index is 0.133. The van der Waals surface area contributed by atoms with Crippen LogP contribution >= 0.6 is 0 Å². The van der Waals surface area contributed by atoms with Crippen LogP contribution in [0.4, 0.5) is 5.82 Å². The summed E-state index contributed by atoms with van der Waals surface area (Å²) in [6, 6.07) is 3.50. The highest BCUT2D eigenvalue weighted by atomic mass is 16.5. The van der Waals surface area contributed by atoms with E-state index in [2.05, 4.69) is 10.3 Å². The number of pyridine rings is 1. The van der Waals surface area contributed by atoms with Crippen molar-refractivity contribution in [2.75, 3.05) is 11.9 Å². The maximum atomic E-state index is 11.8. The number of carbonyl (C=O) groups excluding carboxylic acids is 1. The summed E-state index contributed by atoms with van der Waals surface area (Å²) in [4.78, 5) is 16.0. The number of hydrogen-bond acceptors (Lipinski definition) is 4. The van der Waals surface area contributed by atoms with Crippen molar-refractivity contribution in [1.82, 2.24) is 4.98 Å². The molecule has 1 unspecified atom stereocenters. The van der Waals surface area contributed by atoms with E-state index in [1.807, 2.05) is 12.1 Å². The molecule has 1 fully saturated rings. The Labute approximate surface area is 126 Å². The van der Waals surface area contributed by atoms with Crippen LogP contribution in [0.1, 0.15) is 45.4 Å². The molecule has 1 amide bonds. The Morgan fingerprint density at radius 2 is 2.24 bits per heavy atom. The fourth-order valence-corrected chi connectivity index (χ4v) is 2.64. The number of hydrogen-bond donors (Lipinski definition) is 2. The Morgan fingerprint density at radius 3 is 2.95 bits per heavy atom. The number of anilines is 1. The van der Waals surface area contributed by atoms with E-state index in [-0.39, 0.29) is 18.4 Å². The molecule has 0 aromatic carbocycles. The monoisotopic (exact) mass is 291 g/mol. The van der Waals surface area contributed by atoms with Gasteiger partial charge in [0.05, 0.1) is 6.61 Å². The van der Waals surface area contributed by atoms with Crippen molar-refractivity contribution < 1.29 is 9.53 Å². The van der Waals surface area contributed by atoms with E-state index in [9.17, 15) is 4.79 Å². The van der Waals surface area contributed by atoms with E-state index in [1.165, 1.54) is 32.1 Å². The summed E-state index contributed by atoms with van der Waals surface area (Å²) >= 11 is 0. The van der Waals surface area contributed by atoms with E-state index < -0.39 is 0 Å². The fourth-order valence-electron chi connectivity index (χ4n) is 2.64. The van der Waals surface area contributed by atoms with E-state index in [4.69, 9.17) is 10.5 Å². The Bertz CT molecular complexity index is 457. The molecule has 1 saturated carbocycles. The number of aromatic nitrogens is 1. The lowest BCUT2D eigenvalue weighted by Gasteiger charge is -2.22. The van der Waals surface area contributed by atoms with Crippen molar-refractivity contribution in [3.05, 3.63) is 18.3 Å². The zero-order valence-corrected chi connectivity index (χ0v) is 12.7. The Balaban J connectivity index is 1.91. The lowest BCUT2D eigenvalue weighted by atomic mass is 9.90. The fraction of sp³-hybridized carbons (Fsp3) is 0.625. The Kier molecular flexibility index (Phi) is 5.99. The number of ether oxygens (including phenoxy) is 1. The quantitative estimate of drug-likeness (QED) is 0.845. The first kappa shape index (κ1) is 15.8. The lowest BCUT2D eigenvalue weighted by Crippen LogP contribution is -2.24. The van der Waals surface area contributed by atoms with E-state index in [1.54, 1.807) is 13.1 Å². The topological polar surface area (TPSA) is 77.2 Å². The van der Waals surface area contributed by atoms with Crippen LogP contribution in [0.5, 0.6) is 5.75 Å². The van der Waals surface area contributed by atoms with Crippen molar-refractivity contribution >= 4 is 11.7 Å². The van der Waals surface area contributed by atoms with Crippen LogP contribution in [0, 0.1) is 5.92 Å². The molecule has 0 bridgehead atoms. The Morgan fingerprint density at radius 1 is 1.48 bits per heavy atom. The van der Waals surface area contributed by atoms with Crippen molar-refractivity contribution in [3.8, 4) is 5.75 Å². The van der Waals surface area contributed by atoms with Crippen LogP contribution in [0.2, 0.25) is 0 Å². The average Bonchev–Trinajstić information content (AvgIpc) is 2.46. The zero-order chi connectivity index (χ0) is 15.1. The summed E-state index contributed by atoms with van der Waals surface area (Å²) < 4.78 is 5.87. The highest BCUT2D eigenvalue weighted by Crippen LogP contribution is 2.27. The van der Waals surface area contributed by atoms with Gasteiger partial charge in [0.15, 0.2) is 11.6 Å². The summed E-state index contributed by atoms with van der Waals surface area (Å²) in [7, 11) is 0. The van der Waals surface area contributed by atoms with Gasteiger partial charge in [-0.2, -0.15) is 0 Å². The van der Waals surface area contributed by atoms with Crippen LogP contribution in [0.15, 0.2) is 18.3 Å². The van der Waals surface area contributed by atoms with Crippen molar-refractivity contribution in [2.24, 2.45) is 11.7 Å². The second kappa shape index (κ2) is 7.98. The van der Waals surface area contributed by atoms with Crippen LogP contribution in [-0.2, 0) is 4.79 Å². The van der Waals surface area contributed by atoms with Gasteiger partial charge < -0.3 is 15.8 Å². The van der Waals surface area contributed by atoms with Crippen LogP contribution in [0.3, 0.4) is 0 Å². The molecule has 1 atom stereocenters. The smallest absolute Gasteiger partial charge is 0.227 e. The summed E-state index contributed by atoms with van der Waals surface area (Å²) in [5.41, 5.74) is 5.63. The molecule has 1 heterocycles. The van der Waals surface area contributed by atoms with Gasteiger partial charge in [-0.1, -0.05) is 19.3 Å². The third-order valence-corrected chi connectivity index (χ3v) is 3.74. The average molecular weight is 291 g/mol. The third-order valence-electron chi connectivity index (χ3n) is 3.74. The SMILES string of the molecule is CC(N)CC(=O)Nc1ncccc1OCC1CCCCC1. The molecule has 1 aliphatic rings. The van der Waals surface area contributed by atoms with Gasteiger partial charge in [-0.15, -0.1) is 0 Å². The molecule has 0 saturated heterocycles. The van der Waals surface area contributed by atoms with E-state index in [0.29, 0.717) is 24.1 Å². The molecule has 116 valence electrons. The van der Waals surface area contributed by atoms with Crippen LogP contribution in [-0.4, -0.2) is 23.5 Å². The molecule has 5 heteroatoms. The molecule has 0 aliphatic heterocycles. The normalized spacial score (nSPS) is 17.2. The number of nitrogens with one attached hydrogen (secondary N) is 1. The maximum Gasteiger partial charge on any atom is 0.227 e. The van der Waals surface area contributed by atoms with Crippen molar-refractivity contribution in [1.29, 1.82) is 0 Å². The predicted octanol–water partition coefficient (Wildman–Crippen LogP) is 2.72. The minimum Gasteiger partial charge on any atom is -0.489 e. The van der Waals surface area contributed by atoms with E-state index in [0.717, 1.165) is 0 Å². The first-order valence-corrected chi connectivity index (χ1v) is 7.78. The zero-order valence-electron chi connectivity index (χ0n) is 12.7. The van der Waals surface area contributed by atoms with Gasteiger partial charge in [0.2, 0.25) is 5.91 Å². The third kappa shape index (κ3) is 5.34. The second-order valence-corrected chi connectivity index (χ2v) is 5.89. The maximum absolute atomic E-state index is 11.8. The molecule has 0 radical (unpaired) electrons. The van der Waals surface area contributed by atoms with E-state index >= 15 is 0 Å². The van der Waals surface area contributed by atoms with Gasteiger partial charge in [-0.3, -0.25) is 4.79 Å². The highest BCUT2D eigenvalue weighted by molar-refractivity contribution is 5.91. The van der Waals surface area contributed by atoms with Gasteiger partial charge in [-0.05, 0) is 37.8 Å². The van der Waals surface area contributed by atoms with Gasteiger partial charge in [0.25, 0.3) is 0 Å². The largest absolute Gasteiger partial charge is 0.489 e. The lowest BCUT2D eigenvalue weighted by molar-refractivity contribution is -0.116. The van der Waals surface area contributed by atoms with Crippen LogP contribution < -0.4 is 15.8 Å². The highest BCUT2D eigenvalue weighted by Gasteiger charge is 2.16. The second-order valence-electron chi connectivity index (χ2n) is 5.89. The molecule has 3 N–H and O–H groups in total. The summed E-state index contributed by atoms with van der Waals surface area (Å²) in [6.45, 7) is 2.50. The predicted molar refractivity (Wildman–Crippen MR) is 83.2 cm³/mol. The van der Waals surface area contributed by atoms with Gasteiger partial charge in [-0.25, -0.2) is 4.98 Å². The molecule has 5 nitrogen and oxygen atoms in total. The molecular weight excluding hydrogens is 266 g/mol. The molecule has 21 heavy (non-hydrogen) atoms. The van der Waals surface area contributed by atoms with Crippen molar-refractivity contribution in [2.45, 2.75) is 51.5 Å². The molecule has 1 aliphatic carbocycles. The summed E-state index contributed by atoms with van der Waals surface area (Å²) in [5.74, 6) is 1.61. The molecule has 1 aromatic heterocycles. The first-order chi connectivity index (χ1) is 10.1. The number of rotatable bonds is 6. The first-order valence-electron chi connectivity index (χ1n) is 7.78. The molecule has 2 rings (SSSR count). The molecular formula is C16H25N3O2. The molecule has 1 aromatic rings. The number of amides is 1. The van der Waals surface area contributed by atoms with Gasteiger partial charge >= 0.3 is 0 Å². The number of carbonyl (C=O) groups is 1. The van der Waals surface area contributed by atoms with Gasteiger partial charge in [0, 0.05) is 18.7 Å². The Hall–Kier alpha value is -1.62. The minimum atomic E-state index is -0.166. The van der Waals surface area contributed by atoms with Crippen LogP contribution in [0.25, 0.3) is 0 Å².